The van der Waals surface area contributed by atoms with Crippen molar-refractivity contribution >= 4 is 16.4 Å². The number of esters is 1. The Hall–Kier alpha value is -1.68. The smallest absolute Gasteiger partial charge is 0.397 e. The second kappa shape index (κ2) is 28.1. The lowest BCUT2D eigenvalue weighted by Crippen LogP contribution is -2.60. The third-order valence-corrected chi connectivity index (χ3v) is 8.24. The van der Waals surface area contributed by atoms with Gasteiger partial charge in [-0.1, -0.05) is 102 Å². The Kier molecular flexibility index (Phi) is 25.9. The number of carbonyl (C=O) groups is 1. The number of hydrogen-bond donors (Lipinski definition) is 4. The summed E-state index contributed by atoms with van der Waals surface area (Å²) in [6.45, 7) is 3.73. The summed E-state index contributed by atoms with van der Waals surface area (Å²) in [7, 11) is -5.05. The summed E-state index contributed by atoms with van der Waals surface area (Å²) in [6.07, 6.45) is 19.3. The number of hydrogen-bond acceptors (Lipinski definition) is 11. The van der Waals surface area contributed by atoms with Gasteiger partial charge < -0.3 is 34.3 Å². The van der Waals surface area contributed by atoms with Crippen molar-refractivity contribution in [2.24, 2.45) is 0 Å². The van der Waals surface area contributed by atoms with Crippen molar-refractivity contribution in [3.05, 3.63) is 36.5 Å². The van der Waals surface area contributed by atoms with Gasteiger partial charge in [0, 0.05) is 13.0 Å². The van der Waals surface area contributed by atoms with Crippen LogP contribution >= 0.6 is 0 Å². The van der Waals surface area contributed by atoms with E-state index in [1.54, 1.807) is 0 Å². The van der Waals surface area contributed by atoms with Crippen LogP contribution in [-0.2, 0) is 38.3 Å². The van der Waals surface area contributed by atoms with Crippen LogP contribution in [-0.4, -0.2) is 97.5 Å². The zero-order chi connectivity index (χ0) is 35.5. The molecule has 0 aliphatic carbocycles. The first-order chi connectivity index (χ1) is 23.1. The molecule has 0 saturated carbocycles. The molecular weight excluding hydrogens is 644 g/mol. The Labute approximate surface area is 288 Å². The third kappa shape index (κ3) is 22.1. The average Bonchev–Trinajstić information content (AvgIpc) is 3.05. The molecule has 1 aliphatic rings. The topological polar surface area (TPSA) is 178 Å². The lowest BCUT2D eigenvalue weighted by atomic mass is 9.99. The van der Waals surface area contributed by atoms with Crippen molar-refractivity contribution in [1.82, 2.24) is 0 Å². The van der Waals surface area contributed by atoms with Crippen LogP contribution in [0.3, 0.4) is 0 Å². The maximum Gasteiger partial charge on any atom is 0.397 e. The van der Waals surface area contributed by atoms with Gasteiger partial charge in [-0.2, -0.15) is 8.42 Å². The molecule has 0 bridgehead atoms. The third-order valence-electron chi connectivity index (χ3n) is 7.78. The number of allylic oxidation sites excluding steroid dienone is 6. The molecule has 0 amide bonds. The second-order valence-corrected chi connectivity index (χ2v) is 13.1. The fourth-order valence-electron chi connectivity index (χ4n) is 5.10. The van der Waals surface area contributed by atoms with Crippen molar-refractivity contribution < 1.29 is 56.2 Å². The SMILES string of the molecule is CC/C=C\C/C=C\C/C=C\CCCCCCOCC(COC1OC(CO)C(O)C(OS(=O)(=O)O)C1O)OC(=O)CCCCCCCCC. The number of rotatable bonds is 29. The molecule has 48 heavy (non-hydrogen) atoms. The van der Waals surface area contributed by atoms with E-state index in [1.165, 1.54) is 19.3 Å². The van der Waals surface area contributed by atoms with Gasteiger partial charge in [0.25, 0.3) is 0 Å². The molecule has 1 fully saturated rings. The van der Waals surface area contributed by atoms with E-state index in [1.807, 2.05) is 0 Å². The van der Waals surface area contributed by atoms with Crippen LogP contribution in [0.15, 0.2) is 36.5 Å². The Morgan fingerprint density at radius 3 is 2.10 bits per heavy atom. The fourth-order valence-corrected chi connectivity index (χ4v) is 5.60. The highest BCUT2D eigenvalue weighted by atomic mass is 32.3. The first kappa shape index (κ1) is 44.3. The Morgan fingerprint density at radius 2 is 1.44 bits per heavy atom. The molecule has 4 N–H and O–H groups in total. The lowest BCUT2D eigenvalue weighted by molar-refractivity contribution is -0.301. The molecule has 1 aliphatic heterocycles. The van der Waals surface area contributed by atoms with Crippen LogP contribution in [0.1, 0.15) is 117 Å². The van der Waals surface area contributed by atoms with E-state index >= 15 is 0 Å². The van der Waals surface area contributed by atoms with Gasteiger partial charge in [0.1, 0.15) is 30.5 Å². The molecular formula is C35H62O12S. The molecule has 1 saturated heterocycles. The molecule has 0 spiro atoms. The minimum Gasteiger partial charge on any atom is -0.457 e. The first-order valence-corrected chi connectivity index (χ1v) is 19.1. The van der Waals surface area contributed by atoms with E-state index in [0.717, 1.165) is 70.6 Å². The Morgan fingerprint density at radius 1 is 0.812 bits per heavy atom. The average molecular weight is 707 g/mol. The number of ether oxygens (including phenoxy) is 4. The zero-order valence-electron chi connectivity index (χ0n) is 29.0. The summed E-state index contributed by atoms with van der Waals surface area (Å²) in [5, 5.41) is 30.4. The van der Waals surface area contributed by atoms with Gasteiger partial charge in [-0.15, -0.1) is 0 Å². The second-order valence-electron chi connectivity index (χ2n) is 12.1. The molecule has 1 heterocycles. The molecule has 12 nitrogen and oxygen atoms in total. The van der Waals surface area contributed by atoms with Gasteiger partial charge in [-0.25, -0.2) is 4.18 Å². The van der Waals surface area contributed by atoms with Crippen LogP contribution in [0.2, 0.25) is 0 Å². The van der Waals surface area contributed by atoms with E-state index in [-0.39, 0.29) is 19.6 Å². The van der Waals surface area contributed by atoms with Crippen molar-refractivity contribution in [2.45, 2.75) is 153 Å². The predicted molar refractivity (Wildman–Crippen MR) is 183 cm³/mol. The van der Waals surface area contributed by atoms with E-state index in [4.69, 9.17) is 23.5 Å². The van der Waals surface area contributed by atoms with Gasteiger partial charge in [0.2, 0.25) is 0 Å². The van der Waals surface area contributed by atoms with Crippen molar-refractivity contribution in [2.75, 3.05) is 26.4 Å². The predicted octanol–water partition coefficient (Wildman–Crippen LogP) is 5.51. The summed E-state index contributed by atoms with van der Waals surface area (Å²) >= 11 is 0. The molecule has 6 unspecified atom stereocenters. The first-order valence-electron chi connectivity index (χ1n) is 17.7. The number of unbranched alkanes of at least 4 members (excludes halogenated alkanes) is 10. The van der Waals surface area contributed by atoms with Gasteiger partial charge in [-0.3, -0.25) is 9.35 Å². The van der Waals surface area contributed by atoms with E-state index < -0.39 is 59.8 Å². The molecule has 0 aromatic rings. The molecule has 0 aromatic carbocycles. The van der Waals surface area contributed by atoms with Crippen molar-refractivity contribution in [1.29, 1.82) is 0 Å². The highest BCUT2D eigenvalue weighted by molar-refractivity contribution is 7.80. The minimum absolute atomic E-state index is 0.0209. The molecule has 0 radical (unpaired) electrons. The van der Waals surface area contributed by atoms with E-state index in [9.17, 15) is 28.5 Å². The van der Waals surface area contributed by atoms with Crippen LogP contribution in [0.5, 0.6) is 0 Å². The number of aliphatic hydroxyl groups is 3. The maximum atomic E-state index is 12.6. The number of carbonyl (C=O) groups excluding carboxylic acids is 1. The highest BCUT2D eigenvalue weighted by Gasteiger charge is 2.48. The van der Waals surface area contributed by atoms with E-state index in [2.05, 4.69) is 54.5 Å². The largest absolute Gasteiger partial charge is 0.457 e. The fraction of sp³-hybridized carbons (Fsp3) is 0.800. The molecule has 1 rings (SSSR count). The van der Waals surface area contributed by atoms with Crippen LogP contribution < -0.4 is 0 Å². The van der Waals surface area contributed by atoms with Gasteiger partial charge >= 0.3 is 16.4 Å². The molecule has 280 valence electrons. The summed E-state index contributed by atoms with van der Waals surface area (Å²) in [5.74, 6) is -0.418. The van der Waals surface area contributed by atoms with Gasteiger partial charge in [0.05, 0.1) is 19.8 Å². The van der Waals surface area contributed by atoms with Crippen LogP contribution in [0.25, 0.3) is 0 Å². The van der Waals surface area contributed by atoms with Gasteiger partial charge in [-0.05, 0) is 44.9 Å². The monoisotopic (exact) mass is 706 g/mol. The highest BCUT2D eigenvalue weighted by Crippen LogP contribution is 2.26. The Bertz CT molecular complexity index is 1000. The summed E-state index contributed by atoms with van der Waals surface area (Å²) in [4.78, 5) is 12.6. The molecule has 6 atom stereocenters. The Balaban J connectivity index is 2.54. The summed E-state index contributed by atoms with van der Waals surface area (Å²) < 4.78 is 58.5. The van der Waals surface area contributed by atoms with Crippen LogP contribution in [0, 0.1) is 0 Å². The van der Waals surface area contributed by atoms with E-state index in [0.29, 0.717) is 13.0 Å². The van der Waals surface area contributed by atoms with Gasteiger partial charge in [0.15, 0.2) is 6.29 Å². The molecule has 13 heteroatoms. The van der Waals surface area contributed by atoms with Crippen molar-refractivity contribution in [3.8, 4) is 0 Å². The minimum atomic E-state index is -5.05. The quantitative estimate of drug-likeness (QED) is 0.0332. The zero-order valence-corrected chi connectivity index (χ0v) is 29.8. The van der Waals surface area contributed by atoms with Crippen LogP contribution in [0.4, 0.5) is 0 Å². The summed E-state index contributed by atoms with van der Waals surface area (Å²) in [5.41, 5.74) is 0. The summed E-state index contributed by atoms with van der Waals surface area (Å²) in [6, 6.07) is 0. The van der Waals surface area contributed by atoms with Crippen molar-refractivity contribution in [3.63, 3.8) is 0 Å². The standard InChI is InChI=1S/C35H62O12S/c1-3-5-7-9-11-12-13-14-15-16-17-19-21-23-25-43-27-29(45-31(37)24-22-20-18-10-8-6-4-2)28-44-35-33(39)34(47-48(40,41)42)32(38)30(26-36)46-35/h5,7,11-12,14-15,29-30,32-36,38-39H,3-4,6,8-10,13,16-28H2,1-2H3,(H,40,41,42)/b7-5-,12-11-,15-14-. The maximum absolute atomic E-state index is 12.6. The molecule has 0 aromatic heterocycles. The normalized spacial score (nSPS) is 22.7. The lowest BCUT2D eigenvalue weighted by Gasteiger charge is -2.41. The number of aliphatic hydroxyl groups excluding tert-OH is 3.